The van der Waals surface area contributed by atoms with Crippen LogP contribution in [0.15, 0.2) is 0 Å². The highest BCUT2D eigenvalue weighted by Gasteiger charge is 2.44. The number of nitrogens with one attached hydrogen (secondary N) is 3. The molecular weight excluding hydrogens is 174 g/mol. The number of hydrogen-bond acceptors (Lipinski definition) is 3. The van der Waals surface area contributed by atoms with Gasteiger partial charge in [-0.25, -0.2) is 0 Å². The van der Waals surface area contributed by atoms with E-state index in [1.807, 2.05) is 0 Å². The molecule has 0 saturated carbocycles. The quantitative estimate of drug-likeness (QED) is 0.429. The molecule has 0 aromatic heterocycles. The molecule has 66 valence electrons. The Labute approximate surface area is 76.1 Å². The summed E-state index contributed by atoms with van der Waals surface area (Å²) in [6.45, 7) is 1.76. The summed E-state index contributed by atoms with van der Waals surface area (Å²) in [6, 6.07) is 0. The first-order valence-electron chi connectivity index (χ1n) is 4.07. The fourth-order valence-corrected chi connectivity index (χ4v) is 2.02. The third-order valence-corrected chi connectivity index (χ3v) is 2.68. The monoisotopic (exact) mass is 185 g/mol. The van der Waals surface area contributed by atoms with Gasteiger partial charge in [0.15, 0.2) is 5.11 Å². The Morgan fingerprint density at radius 3 is 2.50 bits per heavy atom. The molecule has 0 unspecified atom stereocenters. The van der Waals surface area contributed by atoms with Gasteiger partial charge in [-0.3, -0.25) is 4.79 Å². The molecule has 0 radical (unpaired) electrons. The van der Waals surface area contributed by atoms with Crippen LogP contribution in [0.3, 0.4) is 0 Å². The fraction of sp³-hybridized carbons (Fsp3) is 0.714. The third-order valence-electron chi connectivity index (χ3n) is 2.47. The van der Waals surface area contributed by atoms with Gasteiger partial charge in [-0.15, -0.1) is 0 Å². The Morgan fingerprint density at radius 1 is 1.33 bits per heavy atom. The van der Waals surface area contributed by atoms with Crippen LogP contribution in [0.1, 0.15) is 12.8 Å². The minimum absolute atomic E-state index is 0.0361. The first-order valence-corrected chi connectivity index (χ1v) is 4.48. The second-order valence-corrected chi connectivity index (χ2v) is 3.65. The van der Waals surface area contributed by atoms with Crippen molar-refractivity contribution < 1.29 is 4.79 Å². The van der Waals surface area contributed by atoms with E-state index in [1.54, 1.807) is 0 Å². The summed E-state index contributed by atoms with van der Waals surface area (Å²) in [5, 5.41) is 9.36. The van der Waals surface area contributed by atoms with E-state index in [2.05, 4.69) is 16.0 Å². The van der Waals surface area contributed by atoms with E-state index in [1.165, 1.54) is 0 Å². The van der Waals surface area contributed by atoms with E-state index in [0.29, 0.717) is 5.11 Å². The molecule has 0 aliphatic carbocycles. The van der Waals surface area contributed by atoms with E-state index in [4.69, 9.17) is 12.2 Å². The van der Waals surface area contributed by atoms with Crippen LogP contribution in [0.2, 0.25) is 0 Å². The highest BCUT2D eigenvalue weighted by molar-refractivity contribution is 7.80. The highest BCUT2D eigenvalue weighted by Crippen LogP contribution is 2.21. The Hall–Kier alpha value is -0.680. The predicted molar refractivity (Wildman–Crippen MR) is 48.7 cm³/mol. The van der Waals surface area contributed by atoms with Crippen LogP contribution in [-0.4, -0.2) is 29.6 Å². The van der Waals surface area contributed by atoms with Crippen molar-refractivity contribution in [3.05, 3.63) is 0 Å². The van der Waals surface area contributed by atoms with Crippen LogP contribution in [0.4, 0.5) is 0 Å². The summed E-state index contributed by atoms with van der Waals surface area (Å²) in [7, 11) is 0. The zero-order valence-corrected chi connectivity index (χ0v) is 7.46. The van der Waals surface area contributed by atoms with Gasteiger partial charge in [0.2, 0.25) is 0 Å². The maximum Gasteiger partial charge on any atom is 0.251 e. The predicted octanol–water partition coefficient (Wildman–Crippen LogP) is -0.887. The van der Waals surface area contributed by atoms with Crippen LogP contribution in [0, 0.1) is 0 Å². The van der Waals surface area contributed by atoms with Gasteiger partial charge >= 0.3 is 0 Å². The van der Waals surface area contributed by atoms with Gasteiger partial charge in [-0.1, -0.05) is 0 Å². The Bertz CT molecular complexity index is 235. The Kier molecular flexibility index (Phi) is 1.77. The zero-order chi connectivity index (χ0) is 8.60. The van der Waals surface area contributed by atoms with Gasteiger partial charge < -0.3 is 16.0 Å². The first-order chi connectivity index (χ1) is 5.73. The van der Waals surface area contributed by atoms with Crippen molar-refractivity contribution in [2.24, 2.45) is 0 Å². The minimum atomic E-state index is -0.400. The maximum atomic E-state index is 11.5. The van der Waals surface area contributed by atoms with Crippen LogP contribution in [0.5, 0.6) is 0 Å². The van der Waals surface area contributed by atoms with Gasteiger partial charge in [0.25, 0.3) is 5.91 Å². The lowest BCUT2D eigenvalue weighted by molar-refractivity contribution is -0.124. The number of carbonyl (C=O) groups excluding carboxylic acids is 1. The summed E-state index contributed by atoms with van der Waals surface area (Å²) < 4.78 is 0. The molecule has 0 bridgehead atoms. The fourth-order valence-electron chi connectivity index (χ4n) is 1.73. The van der Waals surface area contributed by atoms with E-state index < -0.39 is 5.54 Å². The standard InChI is InChI=1S/C7H11N3OS/c11-5-7(10-6(12)9-5)1-3-8-4-2-7/h8H,1-4H2,(H2,9,10,11,12). The molecule has 12 heavy (non-hydrogen) atoms. The summed E-state index contributed by atoms with van der Waals surface area (Å²) in [5.41, 5.74) is -0.400. The number of hydrogen-bond donors (Lipinski definition) is 3. The van der Waals surface area contributed by atoms with Crippen LogP contribution in [0.25, 0.3) is 0 Å². The van der Waals surface area contributed by atoms with Crippen molar-refractivity contribution in [1.29, 1.82) is 0 Å². The van der Waals surface area contributed by atoms with Gasteiger partial charge in [-0.05, 0) is 38.1 Å². The number of piperidine rings is 1. The largest absolute Gasteiger partial charge is 0.348 e. The third kappa shape index (κ3) is 1.09. The zero-order valence-electron chi connectivity index (χ0n) is 6.64. The van der Waals surface area contributed by atoms with Crippen LogP contribution >= 0.6 is 12.2 Å². The molecule has 1 amide bonds. The number of thiocarbonyl (C=S) groups is 1. The highest BCUT2D eigenvalue weighted by atomic mass is 32.1. The molecule has 0 atom stereocenters. The molecule has 2 saturated heterocycles. The lowest BCUT2D eigenvalue weighted by Gasteiger charge is -2.30. The van der Waals surface area contributed by atoms with Crippen LogP contribution < -0.4 is 16.0 Å². The summed E-state index contributed by atoms with van der Waals surface area (Å²) >= 11 is 4.89. The van der Waals surface area contributed by atoms with Crippen molar-refractivity contribution in [2.45, 2.75) is 18.4 Å². The lowest BCUT2D eigenvalue weighted by Crippen LogP contribution is -2.53. The van der Waals surface area contributed by atoms with Gasteiger partial charge in [0.1, 0.15) is 5.54 Å². The minimum Gasteiger partial charge on any atom is -0.348 e. The van der Waals surface area contributed by atoms with E-state index in [0.717, 1.165) is 25.9 Å². The van der Waals surface area contributed by atoms with Crippen LogP contribution in [-0.2, 0) is 4.79 Å². The van der Waals surface area contributed by atoms with Crippen molar-refractivity contribution in [3.8, 4) is 0 Å². The molecule has 1 spiro atoms. The molecule has 4 nitrogen and oxygen atoms in total. The number of rotatable bonds is 0. The van der Waals surface area contributed by atoms with E-state index in [-0.39, 0.29) is 5.91 Å². The van der Waals surface area contributed by atoms with Crippen molar-refractivity contribution in [3.63, 3.8) is 0 Å². The molecule has 3 N–H and O–H groups in total. The maximum absolute atomic E-state index is 11.5. The van der Waals surface area contributed by atoms with E-state index in [9.17, 15) is 4.79 Å². The molecule has 0 aromatic rings. The van der Waals surface area contributed by atoms with Gasteiger partial charge in [-0.2, -0.15) is 0 Å². The van der Waals surface area contributed by atoms with Gasteiger partial charge in [0, 0.05) is 0 Å². The SMILES string of the molecule is O=C1NC(=S)NC12CCNCC2. The summed E-state index contributed by atoms with van der Waals surface area (Å²) in [5.74, 6) is 0.0361. The number of amides is 1. The number of carbonyl (C=O) groups is 1. The molecule has 2 fully saturated rings. The normalized spacial score (nSPS) is 27.0. The lowest BCUT2D eigenvalue weighted by atomic mass is 9.89. The molecule has 2 aliphatic rings. The second-order valence-electron chi connectivity index (χ2n) is 3.24. The molecule has 2 aliphatic heterocycles. The topological polar surface area (TPSA) is 53.2 Å². The van der Waals surface area contributed by atoms with E-state index >= 15 is 0 Å². The average molecular weight is 185 g/mol. The second kappa shape index (κ2) is 2.67. The molecule has 2 heterocycles. The van der Waals surface area contributed by atoms with Crippen molar-refractivity contribution >= 4 is 23.2 Å². The molecular formula is C7H11N3OS. The Balaban J connectivity index is 2.18. The molecule has 0 aromatic carbocycles. The van der Waals surface area contributed by atoms with Crippen molar-refractivity contribution in [1.82, 2.24) is 16.0 Å². The summed E-state index contributed by atoms with van der Waals surface area (Å²) in [6.07, 6.45) is 1.64. The summed E-state index contributed by atoms with van der Waals surface area (Å²) in [4.78, 5) is 11.5. The van der Waals surface area contributed by atoms with Crippen molar-refractivity contribution in [2.75, 3.05) is 13.1 Å². The molecule has 5 heteroatoms. The first kappa shape index (κ1) is 7.94. The van der Waals surface area contributed by atoms with Gasteiger partial charge in [0.05, 0.1) is 0 Å². The average Bonchev–Trinajstić information content (AvgIpc) is 2.29. The Morgan fingerprint density at radius 2 is 2.00 bits per heavy atom. The molecule has 2 rings (SSSR count). The smallest absolute Gasteiger partial charge is 0.251 e.